The van der Waals surface area contributed by atoms with E-state index in [0.29, 0.717) is 18.9 Å². The van der Waals surface area contributed by atoms with Crippen LogP contribution in [-0.4, -0.2) is 53.4 Å². The zero-order chi connectivity index (χ0) is 19.1. The van der Waals surface area contributed by atoms with Crippen molar-refractivity contribution in [2.75, 3.05) is 19.6 Å². The van der Waals surface area contributed by atoms with Crippen LogP contribution in [0.4, 0.5) is 0 Å². The number of nitrogens with zero attached hydrogens (tertiary/aromatic N) is 2. The molecule has 3 aliphatic heterocycles. The quantitative estimate of drug-likeness (QED) is 0.826. The Bertz CT molecular complexity index is 864. The number of amides is 2. The van der Waals surface area contributed by atoms with Gasteiger partial charge in [0.15, 0.2) is 0 Å². The molecule has 2 amide bonds. The molecule has 0 saturated carbocycles. The van der Waals surface area contributed by atoms with E-state index in [4.69, 9.17) is 0 Å². The molecule has 4 atom stereocenters. The minimum Gasteiger partial charge on any atom is -0.354 e. The predicted molar refractivity (Wildman–Crippen MR) is 109 cm³/mol. The lowest BCUT2D eigenvalue weighted by molar-refractivity contribution is -0.157. The number of nitrogens with one attached hydrogen (secondary N) is 2. The van der Waals surface area contributed by atoms with E-state index in [1.54, 1.807) is 11.3 Å². The van der Waals surface area contributed by atoms with Gasteiger partial charge in [-0.2, -0.15) is 0 Å². The first-order valence-corrected chi connectivity index (χ1v) is 11.2. The molecular weight excluding hydrogens is 372 g/mol. The number of thiazole rings is 1. The van der Waals surface area contributed by atoms with Gasteiger partial charge < -0.3 is 15.5 Å². The van der Waals surface area contributed by atoms with Gasteiger partial charge in [0.2, 0.25) is 11.8 Å². The molecule has 1 aromatic heterocycles. The Morgan fingerprint density at radius 3 is 3.04 bits per heavy atom. The second-order valence-electron chi connectivity index (χ2n) is 8.24. The third kappa shape index (κ3) is 3.20. The zero-order valence-electron chi connectivity index (χ0n) is 15.9. The number of hydrogen-bond acceptors (Lipinski definition) is 5. The van der Waals surface area contributed by atoms with Crippen molar-refractivity contribution in [1.29, 1.82) is 0 Å². The molecule has 148 valence electrons. The number of benzene rings is 1. The van der Waals surface area contributed by atoms with Crippen molar-refractivity contribution in [2.45, 2.75) is 44.2 Å². The third-order valence-corrected chi connectivity index (χ3v) is 7.59. The van der Waals surface area contributed by atoms with E-state index in [9.17, 15) is 9.59 Å². The van der Waals surface area contributed by atoms with Gasteiger partial charge in [-0.3, -0.25) is 9.59 Å². The van der Waals surface area contributed by atoms with Crippen LogP contribution in [0.15, 0.2) is 24.3 Å². The van der Waals surface area contributed by atoms with Gasteiger partial charge in [0.25, 0.3) is 0 Å². The summed E-state index contributed by atoms with van der Waals surface area (Å²) >= 11 is 1.68. The average molecular weight is 399 g/mol. The number of rotatable bonds is 4. The highest BCUT2D eigenvalue weighted by molar-refractivity contribution is 7.18. The topological polar surface area (TPSA) is 74.3 Å². The molecule has 3 aliphatic rings. The Balaban J connectivity index is 1.27. The van der Waals surface area contributed by atoms with E-state index in [0.717, 1.165) is 49.3 Å². The van der Waals surface area contributed by atoms with Gasteiger partial charge in [0.1, 0.15) is 6.04 Å². The normalized spacial score (nSPS) is 29.6. The number of aromatic nitrogens is 1. The van der Waals surface area contributed by atoms with E-state index in [2.05, 4.69) is 21.7 Å². The maximum Gasteiger partial charge on any atom is 0.243 e. The van der Waals surface area contributed by atoms with E-state index in [1.165, 1.54) is 4.70 Å². The second kappa shape index (κ2) is 7.44. The van der Waals surface area contributed by atoms with Gasteiger partial charge in [0.05, 0.1) is 15.2 Å². The van der Waals surface area contributed by atoms with Crippen molar-refractivity contribution >= 4 is 33.4 Å². The highest BCUT2D eigenvalue weighted by Crippen LogP contribution is 2.39. The molecule has 28 heavy (non-hydrogen) atoms. The molecule has 3 fully saturated rings. The maximum atomic E-state index is 13.1. The highest BCUT2D eigenvalue weighted by Gasteiger charge is 2.50. The van der Waals surface area contributed by atoms with Crippen LogP contribution in [0.5, 0.6) is 0 Å². The van der Waals surface area contributed by atoms with Crippen LogP contribution in [-0.2, 0) is 16.0 Å². The first-order valence-electron chi connectivity index (χ1n) is 10.3. The summed E-state index contributed by atoms with van der Waals surface area (Å²) in [6.07, 6.45) is 4.34. The summed E-state index contributed by atoms with van der Waals surface area (Å²) in [5.41, 5.74) is 1.02. The number of hydrogen-bond donors (Lipinski definition) is 2. The molecular formula is C21H26N4O2S. The maximum absolute atomic E-state index is 13.1. The Labute approximate surface area is 168 Å². The lowest BCUT2D eigenvalue weighted by Gasteiger charge is -2.53. The summed E-state index contributed by atoms with van der Waals surface area (Å²) in [4.78, 5) is 32.4. The standard InChI is InChI=1S/C21H26N4O2S/c26-19-7-3-5-16-13-10-14(12-22-11-13)20(25(16)19)21(27)23-9-8-18-24-15-4-1-2-6-17(15)28-18/h1-2,4,6,13-14,16,20,22H,3,5,7-12H2,(H,23,27)/t13-,14+,16+,20-/m1/s1. The van der Waals surface area contributed by atoms with Crippen molar-refractivity contribution in [2.24, 2.45) is 11.8 Å². The number of carbonyl (C=O) groups is 2. The SMILES string of the molecule is O=C(NCCc1nc2ccccc2s1)[C@H]1[C@@H]2CNC[C@@H](C2)[C@@H]2CCCC(=O)N21. The zero-order valence-corrected chi connectivity index (χ0v) is 16.7. The van der Waals surface area contributed by atoms with Gasteiger partial charge in [0, 0.05) is 37.9 Å². The Morgan fingerprint density at radius 1 is 1.29 bits per heavy atom. The van der Waals surface area contributed by atoms with Crippen molar-refractivity contribution < 1.29 is 9.59 Å². The first-order chi connectivity index (χ1) is 13.7. The number of piperidine rings is 3. The molecule has 2 N–H and O–H groups in total. The van der Waals surface area contributed by atoms with Gasteiger partial charge in [-0.05, 0) is 43.9 Å². The molecule has 0 radical (unpaired) electrons. The molecule has 0 unspecified atom stereocenters. The van der Waals surface area contributed by atoms with Crippen molar-refractivity contribution in [1.82, 2.24) is 20.5 Å². The summed E-state index contributed by atoms with van der Waals surface area (Å²) in [6.45, 7) is 2.35. The first kappa shape index (κ1) is 18.1. The molecule has 7 heteroatoms. The monoisotopic (exact) mass is 398 g/mol. The average Bonchev–Trinajstić information content (AvgIpc) is 3.12. The molecule has 0 spiro atoms. The van der Waals surface area contributed by atoms with Gasteiger partial charge in [-0.25, -0.2) is 4.98 Å². The number of para-hydroxylation sites is 1. The highest BCUT2D eigenvalue weighted by atomic mass is 32.1. The van der Waals surface area contributed by atoms with Crippen LogP contribution >= 0.6 is 11.3 Å². The molecule has 5 rings (SSSR count). The van der Waals surface area contributed by atoms with Gasteiger partial charge in [-0.15, -0.1) is 11.3 Å². The summed E-state index contributed by atoms with van der Waals surface area (Å²) in [6, 6.07) is 8.01. The fourth-order valence-electron chi connectivity index (χ4n) is 5.27. The lowest BCUT2D eigenvalue weighted by Crippen LogP contribution is -2.68. The van der Waals surface area contributed by atoms with E-state index >= 15 is 0 Å². The van der Waals surface area contributed by atoms with Crippen molar-refractivity contribution in [3.63, 3.8) is 0 Å². The molecule has 4 heterocycles. The number of fused-ring (bicyclic) bond motifs is 5. The lowest BCUT2D eigenvalue weighted by atomic mass is 9.72. The fourth-order valence-corrected chi connectivity index (χ4v) is 6.24. The van der Waals surface area contributed by atoms with E-state index in [-0.39, 0.29) is 29.8 Å². The minimum absolute atomic E-state index is 0.00788. The van der Waals surface area contributed by atoms with Crippen LogP contribution < -0.4 is 10.6 Å². The molecule has 2 bridgehead atoms. The summed E-state index contributed by atoms with van der Waals surface area (Å²) < 4.78 is 1.18. The minimum atomic E-state index is -0.322. The summed E-state index contributed by atoms with van der Waals surface area (Å²) in [5.74, 6) is 0.891. The van der Waals surface area contributed by atoms with Crippen LogP contribution in [0, 0.1) is 11.8 Å². The number of carbonyl (C=O) groups excluding carboxylic acids is 2. The molecule has 0 aliphatic carbocycles. The van der Waals surface area contributed by atoms with Crippen LogP contribution in [0.2, 0.25) is 0 Å². The van der Waals surface area contributed by atoms with Crippen molar-refractivity contribution in [3.8, 4) is 0 Å². The Hall–Kier alpha value is -1.99. The largest absolute Gasteiger partial charge is 0.354 e. The third-order valence-electron chi connectivity index (χ3n) is 6.49. The van der Waals surface area contributed by atoms with Crippen LogP contribution in [0.3, 0.4) is 0 Å². The molecule has 3 saturated heterocycles. The predicted octanol–water partition coefficient (Wildman–Crippen LogP) is 1.94. The van der Waals surface area contributed by atoms with Gasteiger partial charge in [-0.1, -0.05) is 12.1 Å². The second-order valence-corrected chi connectivity index (χ2v) is 9.35. The van der Waals surface area contributed by atoms with Crippen LogP contribution in [0.1, 0.15) is 30.7 Å². The van der Waals surface area contributed by atoms with E-state index < -0.39 is 0 Å². The smallest absolute Gasteiger partial charge is 0.243 e. The fraction of sp³-hybridized carbons (Fsp3) is 0.571. The molecule has 2 aromatic rings. The summed E-state index contributed by atoms with van der Waals surface area (Å²) in [7, 11) is 0. The Morgan fingerprint density at radius 2 is 2.14 bits per heavy atom. The van der Waals surface area contributed by atoms with Gasteiger partial charge >= 0.3 is 0 Å². The molecule has 6 nitrogen and oxygen atoms in total. The van der Waals surface area contributed by atoms with Crippen LogP contribution in [0.25, 0.3) is 10.2 Å². The Kier molecular flexibility index (Phi) is 4.80. The van der Waals surface area contributed by atoms with E-state index in [1.807, 2.05) is 23.1 Å². The summed E-state index contributed by atoms with van der Waals surface area (Å²) in [5, 5.41) is 7.64. The molecule has 1 aromatic carbocycles. The van der Waals surface area contributed by atoms with Crippen molar-refractivity contribution in [3.05, 3.63) is 29.3 Å².